The van der Waals surface area contributed by atoms with Crippen LogP contribution in [0.25, 0.3) is 5.57 Å². The molecule has 116 valence electrons. The van der Waals surface area contributed by atoms with E-state index in [4.69, 9.17) is 9.57 Å². The Bertz CT molecular complexity index is 498. The van der Waals surface area contributed by atoms with Crippen LogP contribution in [0.15, 0.2) is 30.8 Å². The molecule has 1 aromatic rings. The Labute approximate surface area is 126 Å². The van der Waals surface area contributed by atoms with E-state index in [0.29, 0.717) is 13.2 Å². The molecule has 5 nitrogen and oxygen atoms in total. The van der Waals surface area contributed by atoms with Gasteiger partial charge < -0.3 is 10.1 Å². The van der Waals surface area contributed by atoms with Crippen molar-refractivity contribution >= 4 is 11.6 Å². The van der Waals surface area contributed by atoms with E-state index in [1.54, 1.807) is 7.11 Å². The lowest BCUT2D eigenvalue weighted by Crippen LogP contribution is -2.46. The van der Waals surface area contributed by atoms with Gasteiger partial charge >= 0.3 is 6.03 Å². The number of ether oxygens (including phenoxy) is 1. The molecule has 1 rings (SSSR count). The normalized spacial score (nSPS) is 11.0. The third kappa shape index (κ3) is 5.57. The summed E-state index contributed by atoms with van der Waals surface area (Å²) in [4.78, 5) is 16.8. The van der Waals surface area contributed by atoms with Gasteiger partial charge in [0.25, 0.3) is 0 Å². The van der Waals surface area contributed by atoms with Gasteiger partial charge in [-0.05, 0) is 38.0 Å². The van der Waals surface area contributed by atoms with E-state index in [1.807, 2.05) is 45.0 Å². The first-order valence-electron chi connectivity index (χ1n) is 6.82. The Hall–Kier alpha value is -1.85. The lowest BCUT2D eigenvalue weighted by molar-refractivity contribution is 0.0227. The molecule has 0 bridgehead atoms. The molecule has 5 heteroatoms. The second kappa shape index (κ2) is 7.81. The number of allylic oxidation sites excluding steroid dienone is 1. The molecule has 0 fully saturated rings. The molecule has 0 aromatic heterocycles. The maximum absolute atomic E-state index is 11.8. The number of urea groups is 1. The first-order chi connectivity index (χ1) is 9.86. The number of carbonyl (C=O) groups excluding carboxylic acids is 1. The van der Waals surface area contributed by atoms with Gasteiger partial charge in [-0.2, -0.15) is 0 Å². The Morgan fingerprint density at radius 1 is 1.33 bits per heavy atom. The smallest absolute Gasteiger partial charge is 0.339 e. The molecular formula is C16H24N2O3. The summed E-state index contributed by atoms with van der Waals surface area (Å²) in [6, 6.07) is 7.55. The summed E-state index contributed by atoms with van der Waals surface area (Å²) in [6.07, 6.45) is 0. The fourth-order valence-electron chi connectivity index (χ4n) is 1.80. The molecule has 0 heterocycles. The van der Waals surface area contributed by atoms with Gasteiger partial charge in [-0.3, -0.25) is 4.84 Å². The molecule has 2 amide bonds. The van der Waals surface area contributed by atoms with Crippen molar-refractivity contribution in [2.24, 2.45) is 0 Å². The number of rotatable bonds is 7. The lowest BCUT2D eigenvalue weighted by Gasteiger charge is -2.27. The van der Waals surface area contributed by atoms with E-state index in [9.17, 15) is 4.79 Å². The molecule has 0 aliphatic rings. The Morgan fingerprint density at radius 3 is 2.67 bits per heavy atom. The fraction of sp³-hybridized carbons (Fsp3) is 0.438. The van der Waals surface area contributed by atoms with Crippen LogP contribution in [0.5, 0.6) is 0 Å². The van der Waals surface area contributed by atoms with Crippen molar-refractivity contribution in [2.45, 2.75) is 26.3 Å². The molecule has 0 aliphatic heterocycles. The molecular weight excluding hydrogens is 268 g/mol. The van der Waals surface area contributed by atoms with Crippen LogP contribution in [-0.4, -0.2) is 26.4 Å². The summed E-state index contributed by atoms with van der Waals surface area (Å²) >= 11 is 0. The molecule has 0 atom stereocenters. The van der Waals surface area contributed by atoms with Gasteiger partial charge in [-0.1, -0.05) is 30.4 Å². The number of amides is 2. The molecule has 0 spiro atoms. The van der Waals surface area contributed by atoms with Crippen molar-refractivity contribution < 1.29 is 14.4 Å². The quantitative estimate of drug-likeness (QED) is 0.600. The predicted molar refractivity (Wildman–Crippen MR) is 83.7 cm³/mol. The van der Waals surface area contributed by atoms with Crippen LogP contribution in [0, 0.1) is 0 Å². The van der Waals surface area contributed by atoms with Crippen LogP contribution >= 0.6 is 0 Å². The van der Waals surface area contributed by atoms with Crippen LogP contribution in [0.4, 0.5) is 4.79 Å². The predicted octanol–water partition coefficient (Wildman–Crippen LogP) is 2.83. The Morgan fingerprint density at radius 2 is 2.05 bits per heavy atom. The maximum atomic E-state index is 11.8. The molecule has 1 aromatic carbocycles. The molecule has 2 N–H and O–H groups in total. The summed E-state index contributed by atoms with van der Waals surface area (Å²) in [5.74, 6) is 0. The zero-order chi connectivity index (χ0) is 15.9. The summed E-state index contributed by atoms with van der Waals surface area (Å²) < 4.78 is 4.82. The van der Waals surface area contributed by atoms with Crippen molar-refractivity contribution in [1.29, 1.82) is 0 Å². The first kappa shape index (κ1) is 17.2. The SMILES string of the molecule is C=C(C)c1cccc(C(C)(C)NC(=O)NOCCOC)c1. The van der Waals surface area contributed by atoms with E-state index in [0.717, 1.165) is 16.7 Å². The van der Waals surface area contributed by atoms with Gasteiger partial charge in [0.1, 0.15) is 0 Å². The highest BCUT2D eigenvalue weighted by Crippen LogP contribution is 2.23. The number of hydroxylamine groups is 1. The number of carbonyl (C=O) groups is 1. The van der Waals surface area contributed by atoms with E-state index < -0.39 is 11.6 Å². The number of benzene rings is 1. The molecule has 21 heavy (non-hydrogen) atoms. The van der Waals surface area contributed by atoms with Crippen LogP contribution < -0.4 is 10.8 Å². The zero-order valence-electron chi connectivity index (χ0n) is 13.2. The lowest BCUT2D eigenvalue weighted by atomic mass is 9.92. The number of methoxy groups -OCH3 is 1. The molecule has 0 radical (unpaired) electrons. The highest BCUT2D eigenvalue weighted by Gasteiger charge is 2.23. The van der Waals surface area contributed by atoms with E-state index in [-0.39, 0.29) is 0 Å². The van der Waals surface area contributed by atoms with Crippen LogP contribution in [0.3, 0.4) is 0 Å². The Kier molecular flexibility index (Phi) is 6.39. The summed E-state index contributed by atoms with van der Waals surface area (Å²) in [6.45, 7) is 10.5. The second-order valence-electron chi connectivity index (χ2n) is 5.38. The summed E-state index contributed by atoms with van der Waals surface area (Å²) in [5, 5.41) is 2.87. The third-order valence-electron chi connectivity index (χ3n) is 3.06. The van der Waals surface area contributed by atoms with Crippen molar-refractivity contribution in [1.82, 2.24) is 10.8 Å². The highest BCUT2D eigenvalue weighted by atomic mass is 16.7. The molecule has 0 saturated heterocycles. The largest absolute Gasteiger partial charge is 0.382 e. The minimum Gasteiger partial charge on any atom is -0.382 e. The van der Waals surface area contributed by atoms with Crippen LogP contribution in [0.1, 0.15) is 31.9 Å². The highest BCUT2D eigenvalue weighted by molar-refractivity contribution is 5.74. The molecule has 0 aliphatic carbocycles. The standard InChI is InChI=1S/C16H24N2O3/c1-12(2)13-7-6-8-14(11-13)16(3,4)17-15(19)18-21-10-9-20-5/h6-8,11H,1,9-10H2,2-5H3,(H2,17,18,19). The second-order valence-corrected chi connectivity index (χ2v) is 5.38. The van der Waals surface area contributed by atoms with Gasteiger partial charge in [0, 0.05) is 7.11 Å². The van der Waals surface area contributed by atoms with Crippen molar-refractivity contribution in [3.63, 3.8) is 0 Å². The molecule has 0 saturated carbocycles. The average molecular weight is 292 g/mol. The maximum Gasteiger partial charge on any atom is 0.339 e. The van der Waals surface area contributed by atoms with Gasteiger partial charge in [-0.25, -0.2) is 10.3 Å². The topological polar surface area (TPSA) is 59.6 Å². The minimum atomic E-state index is -0.528. The Balaban J connectivity index is 2.65. The van der Waals surface area contributed by atoms with Gasteiger partial charge in [0.05, 0.1) is 18.8 Å². The summed E-state index contributed by atoms with van der Waals surface area (Å²) in [7, 11) is 1.57. The van der Waals surface area contributed by atoms with Crippen molar-refractivity contribution in [2.75, 3.05) is 20.3 Å². The number of nitrogens with one attached hydrogen (secondary N) is 2. The van der Waals surface area contributed by atoms with E-state index >= 15 is 0 Å². The number of hydrogen-bond acceptors (Lipinski definition) is 3. The van der Waals surface area contributed by atoms with Crippen LogP contribution in [0.2, 0.25) is 0 Å². The van der Waals surface area contributed by atoms with Gasteiger partial charge in [0.2, 0.25) is 0 Å². The van der Waals surface area contributed by atoms with Crippen molar-refractivity contribution in [3.05, 3.63) is 42.0 Å². The van der Waals surface area contributed by atoms with Crippen LogP contribution in [-0.2, 0) is 15.1 Å². The van der Waals surface area contributed by atoms with Gasteiger partial charge in [-0.15, -0.1) is 0 Å². The summed E-state index contributed by atoms with van der Waals surface area (Å²) in [5.41, 5.74) is 4.84. The minimum absolute atomic E-state index is 0.301. The fourth-order valence-corrected chi connectivity index (χ4v) is 1.80. The third-order valence-corrected chi connectivity index (χ3v) is 3.06. The monoisotopic (exact) mass is 292 g/mol. The molecule has 0 unspecified atom stereocenters. The zero-order valence-corrected chi connectivity index (χ0v) is 13.2. The number of hydrogen-bond donors (Lipinski definition) is 2. The average Bonchev–Trinajstić information content (AvgIpc) is 2.43. The van der Waals surface area contributed by atoms with E-state index in [1.165, 1.54) is 0 Å². The first-order valence-corrected chi connectivity index (χ1v) is 6.82. The van der Waals surface area contributed by atoms with Crippen molar-refractivity contribution in [3.8, 4) is 0 Å². The van der Waals surface area contributed by atoms with Gasteiger partial charge in [0.15, 0.2) is 0 Å². The van der Waals surface area contributed by atoms with E-state index in [2.05, 4.69) is 17.4 Å².